The van der Waals surface area contributed by atoms with Gasteiger partial charge in [0.1, 0.15) is 21.8 Å². The molecule has 2 N–H and O–H groups in total. The number of thiophene rings is 1. The van der Waals surface area contributed by atoms with Gasteiger partial charge in [0.05, 0.1) is 26.2 Å². The number of nitrogens with one attached hydrogen (secondary N) is 1. The van der Waals surface area contributed by atoms with Crippen molar-refractivity contribution in [2.45, 2.75) is 43.2 Å². The van der Waals surface area contributed by atoms with E-state index < -0.39 is 10.0 Å². The maximum absolute atomic E-state index is 13.4. The van der Waals surface area contributed by atoms with Crippen LogP contribution in [-0.2, 0) is 27.8 Å². The molecular formula is C29H37N3O6S2. The molecule has 1 amide bonds. The third kappa shape index (κ3) is 7.34. The second kappa shape index (κ2) is 13.0. The van der Waals surface area contributed by atoms with E-state index >= 15 is 0 Å². The summed E-state index contributed by atoms with van der Waals surface area (Å²) in [6, 6.07) is 15.8. The van der Waals surface area contributed by atoms with Crippen LogP contribution < -0.4 is 14.2 Å². The number of aliphatic hydroxyl groups excluding tert-OH is 1. The summed E-state index contributed by atoms with van der Waals surface area (Å²) in [5.41, 5.74) is 2.07. The number of anilines is 1. The Morgan fingerprint density at radius 2 is 1.98 bits per heavy atom. The molecule has 1 aromatic heterocycles. The van der Waals surface area contributed by atoms with Crippen molar-refractivity contribution in [1.29, 1.82) is 0 Å². The molecule has 0 bridgehead atoms. The number of methoxy groups -OCH3 is 1. The van der Waals surface area contributed by atoms with Crippen LogP contribution >= 0.6 is 11.3 Å². The maximum Gasteiger partial charge on any atom is 0.271 e. The molecule has 1 aliphatic rings. The zero-order chi connectivity index (χ0) is 28.9. The summed E-state index contributed by atoms with van der Waals surface area (Å²) in [7, 11) is -0.0821. The van der Waals surface area contributed by atoms with Crippen molar-refractivity contribution in [3.05, 3.63) is 71.1 Å². The summed E-state index contributed by atoms with van der Waals surface area (Å²) in [5.74, 6) is 1.15. The normalized spacial score (nSPS) is 18.8. The van der Waals surface area contributed by atoms with Crippen LogP contribution in [0.5, 0.6) is 11.5 Å². The van der Waals surface area contributed by atoms with Gasteiger partial charge in [0, 0.05) is 36.8 Å². The lowest BCUT2D eigenvalue weighted by Gasteiger charge is -2.34. The molecule has 0 unspecified atom stereocenters. The van der Waals surface area contributed by atoms with Gasteiger partial charge in [-0.1, -0.05) is 25.1 Å². The second-order valence-corrected chi connectivity index (χ2v) is 13.1. The highest BCUT2D eigenvalue weighted by molar-refractivity contribution is 7.94. The van der Waals surface area contributed by atoms with E-state index in [4.69, 9.17) is 9.47 Å². The van der Waals surface area contributed by atoms with Gasteiger partial charge in [0.15, 0.2) is 0 Å². The zero-order valence-electron chi connectivity index (χ0n) is 23.2. The summed E-state index contributed by atoms with van der Waals surface area (Å²) in [6.45, 7) is 5.42. The van der Waals surface area contributed by atoms with E-state index in [9.17, 15) is 18.3 Å². The number of nitrogens with zero attached hydrogens (tertiary/aromatic N) is 2. The topological polar surface area (TPSA) is 108 Å². The van der Waals surface area contributed by atoms with Crippen LogP contribution in [0.1, 0.15) is 25.0 Å². The number of ether oxygens (including phenoxy) is 2. The Morgan fingerprint density at radius 3 is 2.62 bits per heavy atom. The standard InChI is InChI=1S/C29H37N3O6S2/c1-20-16-32(21(2)19-33)28(34)15-23-14-24(30-40(35,36)29-6-5-13-39-29)9-12-26(23)38-27(20)18-31(3)17-22-7-10-25(37-4)11-8-22/h5-14,20-21,27,30,33H,15-19H2,1-4H3/t20-,21-,27-/m0/s1. The predicted molar refractivity (Wildman–Crippen MR) is 156 cm³/mol. The summed E-state index contributed by atoms with van der Waals surface area (Å²) in [6.07, 6.45) is -0.245. The number of amides is 1. The predicted octanol–water partition coefficient (Wildman–Crippen LogP) is 3.84. The van der Waals surface area contributed by atoms with E-state index in [1.165, 1.54) is 0 Å². The average Bonchev–Trinajstić information content (AvgIpc) is 3.49. The third-order valence-corrected chi connectivity index (χ3v) is 9.81. The number of aliphatic hydroxyl groups is 1. The zero-order valence-corrected chi connectivity index (χ0v) is 24.9. The van der Waals surface area contributed by atoms with Crippen molar-refractivity contribution in [2.24, 2.45) is 5.92 Å². The first-order valence-electron chi connectivity index (χ1n) is 13.2. The highest BCUT2D eigenvalue weighted by atomic mass is 32.2. The molecule has 2 heterocycles. The monoisotopic (exact) mass is 587 g/mol. The van der Waals surface area contributed by atoms with Crippen molar-refractivity contribution < 1.29 is 27.8 Å². The molecule has 0 saturated heterocycles. The fraction of sp³-hybridized carbons (Fsp3) is 0.414. The summed E-state index contributed by atoms with van der Waals surface area (Å²) >= 11 is 1.13. The lowest BCUT2D eigenvalue weighted by molar-refractivity contribution is -0.134. The Bertz CT molecular complexity index is 1380. The van der Waals surface area contributed by atoms with Gasteiger partial charge in [-0.15, -0.1) is 11.3 Å². The van der Waals surface area contributed by atoms with Crippen LogP contribution in [0.15, 0.2) is 64.2 Å². The SMILES string of the molecule is COc1ccc(CN(C)C[C@@H]2Oc3ccc(NS(=O)(=O)c4cccs4)cc3CC(=O)N([C@@H](C)CO)C[C@@H]2C)cc1. The number of benzene rings is 2. The molecule has 0 aliphatic carbocycles. The van der Waals surface area contributed by atoms with Crippen LogP contribution in [0.4, 0.5) is 5.69 Å². The minimum Gasteiger partial charge on any atom is -0.497 e. The Kier molecular flexibility index (Phi) is 9.72. The molecule has 4 rings (SSSR count). The number of rotatable bonds is 10. The number of carbonyl (C=O) groups excluding carboxylic acids is 1. The van der Waals surface area contributed by atoms with E-state index in [1.807, 2.05) is 45.2 Å². The molecule has 216 valence electrons. The van der Waals surface area contributed by atoms with Crippen molar-refractivity contribution >= 4 is 33.0 Å². The highest BCUT2D eigenvalue weighted by Gasteiger charge is 2.31. The van der Waals surface area contributed by atoms with Gasteiger partial charge in [-0.05, 0) is 61.3 Å². The first-order chi connectivity index (χ1) is 19.1. The Morgan fingerprint density at radius 1 is 1.23 bits per heavy atom. The first kappa shape index (κ1) is 29.9. The van der Waals surface area contributed by atoms with Crippen molar-refractivity contribution in [3.63, 3.8) is 0 Å². The molecule has 0 fully saturated rings. The van der Waals surface area contributed by atoms with Crippen LogP contribution in [0, 0.1) is 5.92 Å². The van der Waals surface area contributed by atoms with Gasteiger partial charge in [-0.25, -0.2) is 8.42 Å². The first-order valence-corrected chi connectivity index (χ1v) is 15.5. The Balaban J connectivity index is 1.60. The van der Waals surface area contributed by atoms with E-state index in [0.29, 0.717) is 36.6 Å². The van der Waals surface area contributed by atoms with Crippen molar-refractivity contribution in [1.82, 2.24) is 9.80 Å². The fourth-order valence-corrected chi connectivity index (χ4v) is 6.79. The molecule has 0 spiro atoms. The van der Waals surface area contributed by atoms with Gasteiger partial charge in [-0.3, -0.25) is 14.4 Å². The smallest absolute Gasteiger partial charge is 0.271 e. The van der Waals surface area contributed by atoms with Crippen LogP contribution in [0.2, 0.25) is 0 Å². The third-order valence-electron chi connectivity index (χ3n) is 7.03. The molecule has 11 heteroatoms. The van der Waals surface area contributed by atoms with Gasteiger partial charge < -0.3 is 19.5 Å². The highest BCUT2D eigenvalue weighted by Crippen LogP contribution is 2.30. The molecule has 40 heavy (non-hydrogen) atoms. The lowest BCUT2D eigenvalue weighted by Crippen LogP contribution is -2.47. The number of carbonyl (C=O) groups is 1. The lowest BCUT2D eigenvalue weighted by atomic mass is 10.0. The number of likely N-dealkylation sites (N-methyl/N-ethyl adjacent to an activating group) is 1. The Labute approximate surface area is 240 Å². The van der Waals surface area contributed by atoms with E-state index in [-0.39, 0.29) is 41.2 Å². The van der Waals surface area contributed by atoms with Gasteiger partial charge in [0.25, 0.3) is 10.0 Å². The van der Waals surface area contributed by atoms with E-state index in [1.54, 1.807) is 47.7 Å². The number of hydrogen-bond acceptors (Lipinski definition) is 8. The molecular weight excluding hydrogens is 550 g/mol. The summed E-state index contributed by atoms with van der Waals surface area (Å²) < 4.78 is 40.3. The number of fused-ring (bicyclic) bond motifs is 1. The second-order valence-electron chi connectivity index (χ2n) is 10.3. The molecule has 2 aromatic carbocycles. The molecule has 1 aliphatic heterocycles. The molecule has 9 nitrogen and oxygen atoms in total. The summed E-state index contributed by atoms with van der Waals surface area (Å²) in [5, 5.41) is 11.6. The fourth-order valence-electron chi connectivity index (χ4n) is 4.75. The minimum atomic E-state index is -3.75. The van der Waals surface area contributed by atoms with Gasteiger partial charge in [-0.2, -0.15) is 0 Å². The van der Waals surface area contributed by atoms with Gasteiger partial charge >= 0.3 is 0 Å². The van der Waals surface area contributed by atoms with E-state index in [2.05, 4.69) is 9.62 Å². The van der Waals surface area contributed by atoms with Gasteiger partial charge in [0.2, 0.25) is 5.91 Å². The van der Waals surface area contributed by atoms with Crippen molar-refractivity contribution in [3.8, 4) is 11.5 Å². The number of hydrogen-bond donors (Lipinski definition) is 2. The molecule has 3 atom stereocenters. The van der Waals surface area contributed by atoms with Crippen LogP contribution in [0.3, 0.4) is 0 Å². The minimum absolute atomic E-state index is 0.0232. The maximum atomic E-state index is 13.4. The molecule has 3 aromatic rings. The largest absolute Gasteiger partial charge is 0.497 e. The van der Waals surface area contributed by atoms with Crippen LogP contribution in [-0.4, -0.2) is 75.2 Å². The summed E-state index contributed by atoms with van der Waals surface area (Å²) in [4.78, 5) is 17.3. The van der Waals surface area contributed by atoms with E-state index in [0.717, 1.165) is 22.6 Å². The quantitative estimate of drug-likeness (QED) is 0.371. The van der Waals surface area contributed by atoms with Crippen molar-refractivity contribution in [2.75, 3.05) is 38.6 Å². The average molecular weight is 588 g/mol. The molecule has 0 saturated carbocycles. The molecule has 0 radical (unpaired) electrons. The number of sulfonamides is 1. The van der Waals surface area contributed by atoms with Crippen LogP contribution in [0.25, 0.3) is 0 Å². The Hall–Kier alpha value is -3.12.